The maximum Gasteiger partial charge on any atom is 0.289 e. The molecule has 0 saturated carbocycles. The molecule has 2 aliphatic heterocycles. The number of carbonyl (C=O) groups is 2. The van der Waals surface area contributed by atoms with Crippen molar-refractivity contribution in [3.05, 3.63) is 24.2 Å². The van der Waals surface area contributed by atoms with Crippen LogP contribution >= 0.6 is 0 Å². The molecule has 0 N–H and O–H groups in total. The minimum atomic E-state index is -0.155. The molecule has 1 aromatic rings. The molecule has 3 heterocycles. The van der Waals surface area contributed by atoms with Crippen molar-refractivity contribution >= 4 is 11.8 Å². The van der Waals surface area contributed by atoms with Crippen molar-refractivity contribution in [1.29, 1.82) is 0 Å². The minimum absolute atomic E-state index is 0.0724. The topological polar surface area (TPSA) is 53.8 Å². The minimum Gasteiger partial charge on any atom is -0.459 e. The van der Waals surface area contributed by atoms with E-state index in [0.717, 1.165) is 25.8 Å². The lowest BCUT2D eigenvalue weighted by atomic mass is 9.86. The number of nitrogens with zero attached hydrogens (tertiary/aromatic N) is 2. The van der Waals surface area contributed by atoms with Gasteiger partial charge in [-0.25, -0.2) is 0 Å². The van der Waals surface area contributed by atoms with Gasteiger partial charge in [-0.2, -0.15) is 0 Å². The van der Waals surface area contributed by atoms with Crippen LogP contribution in [-0.2, 0) is 4.79 Å². The smallest absolute Gasteiger partial charge is 0.289 e. The second-order valence-corrected chi connectivity index (χ2v) is 5.48. The maximum atomic E-state index is 12.3. The third-order valence-corrected chi connectivity index (χ3v) is 4.46. The zero-order valence-electron chi connectivity index (χ0n) is 11.1. The molecule has 5 heteroatoms. The first kappa shape index (κ1) is 12.3. The standard InChI is InChI=1S/C14H18N2O3/c1-15-12(17)5-7-14(15)6-3-8-16(10-14)13(18)11-4-2-9-19-11/h2,4,9H,3,5-8,10H2,1H3. The van der Waals surface area contributed by atoms with Crippen molar-refractivity contribution in [2.24, 2.45) is 0 Å². The summed E-state index contributed by atoms with van der Waals surface area (Å²) in [4.78, 5) is 27.7. The van der Waals surface area contributed by atoms with Crippen LogP contribution < -0.4 is 0 Å². The Morgan fingerprint density at radius 3 is 2.89 bits per heavy atom. The van der Waals surface area contributed by atoms with E-state index in [2.05, 4.69) is 0 Å². The number of likely N-dealkylation sites (N-methyl/N-ethyl adjacent to an activating group) is 1. The third kappa shape index (κ3) is 1.93. The van der Waals surface area contributed by atoms with Gasteiger partial charge in [0.25, 0.3) is 5.91 Å². The van der Waals surface area contributed by atoms with E-state index in [1.165, 1.54) is 6.26 Å². The lowest BCUT2D eigenvalue weighted by Crippen LogP contribution is -2.56. The second-order valence-electron chi connectivity index (χ2n) is 5.48. The van der Waals surface area contributed by atoms with Gasteiger partial charge in [-0.3, -0.25) is 9.59 Å². The van der Waals surface area contributed by atoms with Gasteiger partial charge in [0, 0.05) is 26.6 Å². The molecule has 19 heavy (non-hydrogen) atoms. The molecule has 0 bridgehead atoms. The van der Waals surface area contributed by atoms with Gasteiger partial charge < -0.3 is 14.2 Å². The number of hydrogen-bond donors (Lipinski definition) is 0. The number of piperidine rings is 1. The number of furan rings is 1. The molecular weight excluding hydrogens is 244 g/mol. The Bertz CT molecular complexity index is 497. The van der Waals surface area contributed by atoms with Gasteiger partial charge in [0.05, 0.1) is 11.8 Å². The number of hydrogen-bond acceptors (Lipinski definition) is 3. The van der Waals surface area contributed by atoms with Gasteiger partial charge in [0.2, 0.25) is 5.91 Å². The van der Waals surface area contributed by atoms with Gasteiger partial charge in [0.15, 0.2) is 5.76 Å². The molecule has 0 aromatic carbocycles. The normalized spacial score (nSPS) is 27.3. The third-order valence-electron chi connectivity index (χ3n) is 4.46. The van der Waals surface area contributed by atoms with E-state index >= 15 is 0 Å². The number of carbonyl (C=O) groups excluding carboxylic acids is 2. The van der Waals surface area contributed by atoms with Crippen molar-refractivity contribution < 1.29 is 14.0 Å². The summed E-state index contributed by atoms with van der Waals surface area (Å²) in [6, 6.07) is 3.41. The molecule has 1 aromatic heterocycles. The summed E-state index contributed by atoms with van der Waals surface area (Å²) in [6.07, 6.45) is 4.88. The fraction of sp³-hybridized carbons (Fsp3) is 0.571. The van der Waals surface area contributed by atoms with E-state index < -0.39 is 0 Å². The Balaban J connectivity index is 1.79. The van der Waals surface area contributed by atoms with Gasteiger partial charge in [-0.05, 0) is 31.4 Å². The lowest BCUT2D eigenvalue weighted by molar-refractivity contribution is -0.130. The number of amides is 2. The number of rotatable bonds is 1. The highest BCUT2D eigenvalue weighted by molar-refractivity contribution is 5.91. The van der Waals surface area contributed by atoms with Crippen molar-refractivity contribution in [2.45, 2.75) is 31.2 Å². The molecule has 2 saturated heterocycles. The monoisotopic (exact) mass is 262 g/mol. The largest absolute Gasteiger partial charge is 0.459 e. The maximum absolute atomic E-state index is 12.3. The zero-order chi connectivity index (χ0) is 13.5. The van der Waals surface area contributed by atoms with Crippen molar-refractivity contribution in [3.8, 4) is 0 Å². The van der Waals surface area contributed by atoms with Gasteiger partial charge >= 0.3 is 0 Å². The Hall–Kier alpha value is -1.78. The SMILES string of the molecule is CN1C(=O)CCC12CCCN(C(=O)c1ccco1)C2. The molecule has 0 aliphatic carbocycles. The summed E-state index contributed by atoms with van der Waals surface area (Å²) in [7, 11) is 1.86. The summed E-state index contributed by atoms with van der Waals surface area (Å²) in [5.41, 5.74) is -0.155. The number of likely N-dealkylation sites (tertiary alicyclic amines) is 2. The van der Waals surface area contributed by atoms with Gasteiger partial charge in [-0.1, -0.05) is 0 Å². The van der Waals surface area contributed by atoms with Crippen LogP contribution in [0.1, 0.15) is 36.2 Å². The highest BCUT2D eigenvalue weighted by Crippen LogP contribution is 2.37. The zero-order valence-corrected chi connectivity index (χ0v) is 11.1. The summed E-state index contributed by atoms with van der Waals surface area (Å²) in [5, 5.41) is 0. The first-order valence-corrected chi connectivity index (χ1v) is 6.72. The van der Waals surface area contributed by atoms with E-state index in [1.807, 2.05) is 16.8 Å². The Kier molecular flexibility index (Phi) is 2.84. The average Bonchev–Trinajstić information content (AvgIpc) is 3.04. The van der Waals surface area contributed by atoms with E-state index in [-0.39, 0.29) is 17.4 Å². The van der Waals surface area contributed by atoms with Crippen molar-refractivity contribution in [1.82, 2.24) is 9.80 Å². The van der Waals surface area contributed by atoms with E-state index in [9.17, 15) is 9.59 Å². The fourth-order valence-electron chi connectivity index (χ4n) is 3.26. The van der Waals surface area contributed by atoms with Crippen LogP contribution in [0.3, 0.4) is 0 Å². The van der Waals surface area contributed by atoms with Crippen LogP contribution in [0.4, 0.5) is 0 Å². The van der Waals surface area contributed by atoms with Crippen molar-refractivity contribution in [3.63, 3.8) is 0 Å². The van der Waals surface area contributed by atoms with Crippen LogP contribution in [0.25, 0.3) is 0 Å². The highest BCUT2D eigenvalue weighted by atomic mass is 16.3. The second kappa shape index (κ2) is 4.40. The molecule has 0 radical (unpaired) electrons. The lowest BCUT2D eigenvalue weighted by Gasteiger charge is -2.44. The van der Waals surface area contributed by atoms with Crippen LogP contribution in [0.2, 0.25) is 0 Å². The molecule has 1 unspecified atom stereocenters. The molecule has 3 rings (SSSR count). The van der Waals surface area contributed by atoms with E-state index in [4.69, 9.17) is 4.42 Å². The molecule has 5 nitrogen and oxygen atoms in total. The van der Waals surface area contributed by atoms with Crippen LogP contribution in [-0.4, -0.2) is 47.3 Å². The Morgan fingerprint density at radius 2 is 2.26 bits per heavy atom. The van der Waals surface area contributed by atoms with Crippen LogP contribution in [0.5, 0.6) is 0 Å². The molecule has 1 spiro atoms. The van der Waals surface area contributed by atoms with Crippen LogP contribution in [0, 0.1) is 0 Å². The summed E-state index contributed by atoms with van der Waals surface area (Å²) >= 11 is 0. The Labute approximate surface area is 112 Å². The first-order valence-electron chi connectivity index (χ1n) is 6.72. The summed E-state index contributed by atoms with van der Waals surface area (Å²) in [6.45, 7) is 1.36. The van der Waals surface area contributed by atoms with Crippen LogP contribution in [0.15, 0.2) is 22.8 Å². The van der Waals surface area contributed by atoms with E-state index in [0.29, 0.717) is 18.7 Å². The predicted molar refractivity (Wildman–Crippen MR) is 68.6 cm³/mol. The van der Waals surface area contributed by atoms with Gasteiger partial charge in [0.1, 0.15) is 0 Å². The summed E-state index contributed by atoms with van der Waals surface area (Å²) in [5.74, 6) is 0.494. The molecule has 2 aliphatic rings. The quantitative estimate of drug-likeness (QED) is 0.770. The highest BCUT2D eigenvalue weighted by Gasteiger charge is 2.46. The molecular formula is C14H18N2O3. The molecule has 102 valence electrons. The van der Waals surface area contributed by atoms with E-state index in [1.54, 1.807) is 12.1 Å². The molecule has 2 fully saturated rings. The van der Waals surface area contributed by atoms with Crippen molar-refractivity contribution in [2.75, 3.05) is 20.1 Å². The first-order chi connectivity index (χ1) is 9.12. The predicted octanol–water partition coefficient (Wildman–Crippen LogP) is 1.51. The Morgan fingerprint density at radius 1 is 1.42 bits per heavy atom. The fourth-order valence-corrected chi connectivity index (χ4v) is 3.26. The molecule has 1 atom stereocenters. The van der Waals surface area contributed by atoms with Gasteiger partial charge in [-0.15, -0.1) is 0 Å². The average molecular weight is 262 g/mol. The summed E-state index contributed by atoms with van der Waals surface area (Å²) < 4.78 is 5.18. The molecule has 2 amide bonds.